The van der Waals surface area contributed by atoms with Crippen molar-refractivity contribution in [2.24, 2.45) is 0 Å². The summed E-state index contributed by atoms with van der Waals surface area (Å²) in [6.07, 6.45) is 0. The molecule has 1 amide bonds. The molecule has 0 saturated carbocycles. The van der Waals surface area contributed by atoms with Gasteiger partial charge >= 0.3 is 0 Å². The van der Waals surface area contributed by atoms with E-state index in [2.05, 4.69) is 10.3 Å². The number of pyridine rings is 1. The van der Waals surface area contributed by atoms with Gasteiger partial charge in [-0.1, -0.05) is 23.2 Å². The predicted octanol–water partition coefficient (Wildman–Crippen LogP) is 2.24. The maximum absolute atomic E-state index is 11.4. The average Bonchev–Trinajstić information content (AvgIpc) is 2.25. The van der Waals surface area contributed by atoms with Crippen LogP contribution in [0.5, 0.6) is 0 Å². The number of thioether (sulfide) groups is 1. The molecule has 7 heteroatoms. The lowest BCUT2D eigenvalue weighted by Gasteiger charge is -2.04. The van der Waals surface area contributed by atoms with Gasteiger partial charge in [-0.15, -0.1) is 11.8 Å². The van der Waals surface area contributed by atoms with E-state index in [0.717, 1.165) is 4.90 Å². The summed E-state index contributed by atoms with van der Waals surface area (Å²) in [7, 11) is 1.59. The molecule has 0 fully saturated rings. The standard InChI is InChI=1S/C10H12Cl2N2O2S/c1-16-3-2-13-10(15)6-17-7-4-8(11)14-9(12)5-7/h4-5H,2-3,6H2,1H3,(H,13,15). The highest BCUT2D eigenvalue weighted by Gasteiger charge is 2.04. The molecule has 94 valence electrons. The molecule has 1 heterocycles. The Morgan fingerprint density at radius 3 is 2.71 bits per heavy atom. The molecule has 1 N–H and O–H groups in total. The molecular formula is C10H12Cl2N2O2S. The summed E-state index contributed by atoms with van der Waals surface area (Å²) in [6.45, 7) is 1.01. The molecule has 0 bridgehead atoms. The van der Waals surface area contributed by atoms with Crippen LogP contribution in [0.2, 0.25) is 10.3 Å². The Balaban J connectivity index is 2.36. The molecule has 0 aliphatic rings. The van der Waals surface area contributed by atoms with Crippen molar-refractivity contribution in [2.75, 3.05) is 26.0 Å². The molecule has 0 unspecified atom stereocenters. The normalized spacial score (nSPS) is 10.3. The van der Waals surface area contributed by atoms with E-state index < -0.39 is 0 Å². The molecule has 1 aromatic rings. The van der Waals surface area contributed by atoms with Crippen LogP contribution in [0.4, 0.5) is 0 Å². The Morgan fingerprint density at radius 1 is 1.47 bits per heavy atom. The summed E-state index contributed by atoms with van der Waals surface area (Å²) in [6, 6.07) is 3.33. The summed E-state index contributed by atoms with van der Waals surface area (Å²) >= 11 is 12.8. The fraction of sp³-hybridized carbons (Fsp3) is 0.400. The lowest BCUT2D eigenvalue weighted by molar-refractivity contribution is -0.118. The quantitative estimate of drug-likeness (QED) is 0.497. The Bertz CT molecular complexity index is 370. The number of aromatic nitrogens is 1. The van der Waals surface area contributed by atoms with Crippen molar-refractivity contribution in [3.8, 4) is 0 Å². The highest BCUT2D eigenvalue weighted by atomic mass is 35.5. The number of nitrogens with one attached hydrogen (secondary N) is 1. The van der Waals surface area contributed by atoms with Crippen LogP contribution in [-0.2, 0) is 9.53 Å². The Morgan fingerprint density at radius 2 is 2.12 bits per heavy atom. The number of hydrogen-bond donors (Lipinski definition) is 1. The van der Waals surface area contributed by atoms with Crippen molar-refractivity contribution < 1.29 is 9.53 Å². The lowest BCUT2D eigenvalue weighted by Crippen LogP contribution is -2.28. The second kappa shape index (κ2) is 7.76. The van der Waals surface area contributed by atoms with Gasteiger partial charge in [0.1, 0.15) is 10.3 Å². The monoisotopic (exact) mass is 294 g/mol. The Labute approximate surface area is 114 Å². The maximum Gasteiger partial charge on any atom is 0.230 e. The maximum atomic E-state index is 11.4. The third kappa shape index (κ3) is 6.12. The first-order chi connectivity index (χ1) is 8.11. The van der Waals surface area contributed by atoms with Gasteiger partial charge in [0.2, 0.25) is 5.91 Å². The fourth-order valence-electron chi connectivity index (χ4n) is 1.02. The van der Waals surface area contributed by atoms with Gasteiger partial charge in [-0.2, -0.15) is 0 Å². The minimum atomic E-state index is -0.0592. The van der Waals surface area contributed by atoms with E-state index in [4.69, 9.17) is 27.9 Å². The van der Waals surface area contributed by atoms with Gasteiger partial charge in [-0.3, -0.25) is 4.79 Å². The van der Waals surface area contributed by atoms with E-state index in [1.54, 1.807) is 19.2 Å². The molecule has 0 aliphatic heterocycles. The number of carbonyl (C=O) groups is 1. The first kappa shape index (κ1) is 14.6. The Kier molecular flexibility index (Phi) is 6.65. The van der Waals surface area contributed by atoms with Crippen molar-refractivity contribution in [3.05, 3.63) is 22.4 Å². The fourth-order valence-corrected chi connectivity index (χ4v) is 2.40. The van der Waals surface area contributed by atoms with Crippen molar-refractivity contribution >= 4 is 40.9 Å². The van der Waals surface area contributed by atoms with E-state index >= 15 is 0 Å². The molecule has 1 aromatic heterocycles. The van der Waals surface area contributed by atoms with Crippen LogP contribution in [0.25, 0.3) is 0 Å². The van der Waals surface area contributed by atoms with Crippen molar-refractivity contribution in [3.63, 3.8) is 0 Å². The van der Waals surface area contributed by atoms with E-state index in [0.29, 0.717) is 29.2 Å². The minimum absolute atomic E-state index is 0.0592. The smallest absolute Gasteiger partial charge is 0.230 e. The molecule has 0 radical (unpaired) electrons. The SMILES string of the molecule is COCCNC(=O)CSc1cc(Cl)nc(Cl)c1. The van der Waals surface area contributed by atoms with E-state index in [1.165, 1.54) is 11.8 Å². The molecule has 17 heavy (non-hydrogen) atoms. The van der Waals surface area contributed by atoms with Crippen molar-refractivity contribution in [2.45, 2.75) is 4.90 Å². The molecule has 4 nitrogen and oxygen atoms in total. The van der Waals surface area contributed by atoms with Gasteiger partial charge in [0.05, 0.1) is 12.4 Å². The molecular weight excluding hydrogens is 283 g/mol. The van der Waals surface area contributed by atoms with Gasteiger partial charge in [0.25, 0.3) is 0 Å². The van der Waals surface area contributed by atoms with Crippen LogP contribution in [0.1, 0.15) is 0 Å². The number of nitrogens with zero attached hydrogens (tertiary/aromatic N) is 1. The highest BCUT2D eigenvalue weighted by molar-refractivity contribution is 8.00. The van der Waals surface area contributed by atoms with E-state index in [1.807, 2.05) is 0 Å². The van der Waals surface area contributed by atoms with Gasteiger partial charge < -0.3 is 10.1 Å². The predicted molar refractivity (Wildman–Crippen MR) is 69.9 cm³/mol. The number of carbonyl (C=O) groups excluding carboxylic acids is 1. The highest BCUT2D eigenvalue weighted by Crippen LogP contribution is 2.23. The van der Waals surface area contributed by atoms with Crippen LogP contribution in [0.3, 0.4) is 0 Å². The van der Waals surface area contributed by atoms with E-state index in [-0.39, 0.29) is 5.91 Å². The second-order valence-electron chi connectivity index (χ2n) is 3.08. The molecule has 0 aliphatic carbocycles. The summed E-state index contributed by atoms with van der Waals surface area (Å²) in [5.41, 5.74) is 0. The lowest BCUT2D eigenvalue weighted by atomic mass is 10.5. The molecule has 0 aromatic carbocycles. The Hall–Kier alpha value is -0.490. The van der Waals surface area contributed by atoms with Crippen molar-refractivity contribution in [1.82, 2.24) is 10.3 Å². The average molecular weight is 295 g/mol. The van der Waals surface area contributed by atoms with Crippen LogP contribution in [0.15, 0.2) is 17.0 Å². The minimum Gasteiger partial charge on any atom is -0.383 e. The number of ether oxygens (including phenoxy) is 1. The summed E-state index contributed by atoms with van der Waals surface area (Å²) in [5.74, 6) is 0.247. The van der Waals surface area contributed by atoms with Crippen LogP contribution in [-0.4, -0.2) is 36.9 Å². The number of rotatable bonds is 6. The largest absolute Gasteiger partial charge is 0.383 e. The summed E-state index contributed by atoms with van der Waals surface area (Å²) in [4.78, 5) is 16.0. The number of hydrogen-bond acceptors (Lipinski definition) is 4. The molecule has 0 spiro atoms. The first-order valence-corrected chi connectivity index (χ1v) is 6.57. The van der Waals surface area contributed by atoms with Crippen molar-refractivity contribution in [1.29, 1.82) is 0 Å². The zero-order valence-electron chi connectivity index (χ0n) is 9.20. The van der Waals surface area contributed by atoms with Crippen LogP contribution < -0.4 is 5.32 Å². The second-order valence-corrected chi connectivity index (χ2v) is 4.90. The summed E-state index contributed by atoms with van der Waals surface area (Å²) in [5, 5.41) is 3.36. The van der Waals surface area contributed by atoms with Gasteiger partial charge in [0.15, 0.2) is 0 Å². The first-order valence-electron chi connectivity index (χ1n) is 4.83. The molecule has 1 rings (SSSR count). The zero-order valence-corrected chi connectivity index (χ0v) is 11.5. The molecule has 0 atom stereocenters. The third-order valence-electron chi connectivity index (χ3n) is 1.73. The number of methoxy groups -OCH3 is 1. The zero-order chi connectivity index (χ0) is 12.7. The third-order valence-corrected chi connectivity index (χ3v) is 3.10. The number of halogens is 2. The number of amides is 1. The van der Waals surface area contributed by atoms with Gasteiger partial charge in [-0.25, -0.2) is 4.98 Å². The summed E-state index contributed by atoms with van der Waals surface area (Å²) < 4.78 is 4.82. The van der Waals surface area contributed by atoms with Gasteiger partial charge in [-0.05, 0) is 12.1 Å². The van der Waals surface area contributed by atoms with E-state index in [9.17, 15) is 4.79 Å². The van der Waals surface area contributed by atoms with Gasteiger partial charge in [0, 0.05) is 18.6 Å². The topological polar surface area (TPSA) is 51.2 Å². The molecule has 0 saturated heterocycles. The van der Waals surface area contributed by atoms with Crippen LogP contribution >= 0.6 is 35.0 Å². The van der Waals surface area contributed by atoms with Crippen LogP contribution in [0, 0.1) is 0 Å².